The normalized spacial score (nSPS) is 18.4. The van der Waals surface area contributed by atoms with Crippen molar-refractivity contribution in [2.75, 3.05) is 19.6 Å². The molecular weight excluding hydrogens is 228 g/mol. The zero-order chi connectivity index (χ0) is 12.8. The highest BCUT2D eigenvalue weighted by Gasteiger charge is 2.20. The molecule has 1 aromatic rings. The predicted octanol–water partition coefficient (Wildman–Crippen LogP) is 1.85. The Morgan fingerprint density at radius 2 is 1.89 bits per heavy atom. The van der Waals surface area contributed by atoms with Crippen molar-refractivity contribution < 1.29 is 9.90 Å². The number of nitrogens with one attached hydrogen (secondary N) is 1. The molecule has 1 fully saturated rings. The second-order valence-corrected chi connectivity index (χ2v) is 4.71. The molecule has 1 aliphatic rings. The van der Waals surface area contributed by atoms with Crippen molar-refractivity contribution >= 4 is 5.97 Å². The van der Waals surface area contributed by atoms with Crippen molar-refractivity contribution in [2.24, 2.45) is 0 Å². The zero-order valence-corrected chi connectivity index (χ0v) is 10.5. The van der Waals surface area contributed by atoms with Crippen LogP contribution in [0.2, 0.25) is 0 Å². The lowest BCUT2D eigenvalue weighted by Crippen LogP contribution is -2.44. The monoisotopic (exact) mass is 248 g/mol. The lowest BCUT2D eigenvalue weighted by Gasteiger charge is -2.28. The Kier molecular flexibility index (Phi) is 4.73. The fraction of sp³-hybridized carbons (Fsp3) is 0.500. The average Bonchev–Trinajstić information content (AvgIpc) is 2.41. The first-order chi connectivity index (χ1) is 8.77. The Morgan fingerprint density at radius 3 is 2.50 bits per heavy atom. The molecule has 1 unspecified atom stereocenters. The van der Waals surface area contributed by atoms with Crippen LogP contribution in [0.25, 0.3) is 0 Å². The van der Waals surface area contributed by atoms with Gasteiger partial charge in [0, 0.05) is 19.6 Å². The molecule has 1 aromatic carbocycles. The van der Waals surface area contributed by atoms with Crippen LogP contribution in [0.1, 0.15) is 30.7 Å². The molecule has 0 aromatic heterocycles. The van der Waals surface area contributed by atoms with Crippen LogP contribution in [-0.2, 0) is 4.79 Å². The minimum absolute atomic E-state index is 0.458. The largest absolute Gasteiger partial charge is 0.481 e. The molecular formula is C14H20N2O2. The predicted molar refractivity (Wildman–Crippen MR) is 70.2 cm³/mol. The van der Waals surface area contributed by atoms with Gasteiger partial charge in [0.15, 0.2) is 0 Å². The first-order valence-corrected chi connectivity index (χ1v) is 6.53. The third-order valence-electron chi connectivity index (χ3n) is 3.38. The van der Waals surface area contributed by atoms with Gasteiger partial charge in [-0.2, -0.15) is 0 Å². The van der Waals surface area contributed by atoms with E-state index in [0.29, 0.717) is 6.54 Å². The van der Waals surface area contributed by atoms with Gasteiger partial charge in [-0.15, -0.1) is 0 Å². The van der Waals surface area contributed by atoms with E-state index in [1.165, 1.54) is 19.3 Å². The summed E-state index contributed by atoms with van der Waals surface area (Å²) in [7, 11) is 0. The second-order valence-electron chi connectivity index (χ2n) is 4.71. The molecule has 1 aliphatic heterocycles. The molecule has 2 N–H and O–H groups in total. The number of carbonyl (C=O) groups is 1. The molecule has 98 valence electrons. The standard InChI is InChI=1S/C14H20N2O2/c17-14(18)13(12-7-3-1-4-8-12)11-15-16-9-5-2-6-10-16/h1,3-4,7-8,13,15H,2,5-6,9-11H2,(H,17,18). The molecule has 0 spiro atoms. The van der Waals surface area contributed by atoms with Crippen LogP contribution in [0.5, 0.6) is 0 Å². The molecule has 1 heterocycles. The van der Waals surface area contributed by atoms with E-state index in [2.05, 4.69) is 10.4 Å². The summed E-state index contributed by atoms with van der Waals surface area (Å²) in [6.07, 6.45) is 3.66. The van der Waals surface area contributed by atoms with Gasteiger partial charge in [-0.3, -0.25) is 10.2 Å². The van der Waals surface area contributed by atoms with Crippen molar-refractivity contribution in [1.82, 2.24) is 10.4 Å². The van der Waals surface area contributed by atoms with E-state index >= 15 is 0 Å². The average molecular weight is 248 g/mol. The zero-order valence-electron chi connectivity index (χ0n) is 10.5. The molecule has 0 radical (unpaired) electrons. The van der Waals surface area contributed by atoms with Crippen LogP contribution >= 0.6 is 0 Å². The lowest BCUT2D eigenvalue weighted by atomic mass is 10.00. The third-order valence-corrected chi connectivity index (χ3v) is 3.38. The summed E-state index contributed by atoms with van der Waals surface area (Å²) in [4.78, 5) is 11.3. The number of aliphatic carboxylic acids is 1. The topological polar surface area (TPSA) is 52.6 Å². The Morgan fingerprint density at radius 1 is 1.22 bits per heavy atom. The van der Waals surface area contributed by atoms with Gasteiger partial charge in [0.05, 0.1) is 5.92 Å². The van der Waals surface area contributed by atoms with E-state index in [1.807, 2.05) is 30.3 Å². The second kappa shape index (κ2) is 6.52. The summed E-state index contributed by atoms with van der Waals surface area (Å²) in [5.74, 6) is -1.25. The number of hydrazine groups is 1. The lowest BCUT2D eigenvalue weighted by molar-refractivity contribution is -0.139. The quantitative estimate of drug-likeness (QED) is 0.835. The Hall–Kier alpha value is -1.39. The van der Waals surface area contributed by atoms with Crippen LogP contribution in [0.3, 0.4) is 0 Å². The molecule has 4 heteroatoms. The Labute approximate surface area is 108 Å². The van der Waals surface area contributed by atoms with Gasteiger partial charge in [-0.1, -0.05) is 36.8 Å². The van der Waals surface area contributed by atoms with E-state index in [1.54, 1.807) is 0 Å². The summed E-state index contributed by atoms with van der Waals surface area (Å²) in [5.41, 5.74) is 4.11. The molecule has 0 aliphatic carbocycles. The number of carboxylic acids is 1. The van der Waals surface area contributed by atoms with Gasteiger partial charge in [0.25, 0.3) is 0 Å². The molecule has 0 bridgehead atoms. The SMILES string of the molecule is O=C(O)C(CNN1CCCCC1)c1ccccc1. The molecule has 1 saturated heterocycles. The molecule has 18 heavy (non-hydrogen) atoms. The van der Waals surface area contributed by atoms with E-state index in [0.717, 1.165) is 18.7 Å². The number of hydrogen-bond donors (Lipinski definition) is 2. The van der Waals surface area contributed by atoms with Gasteiger partial charge in [0.1, 0.15) is 0 Å². The van der Waals surface area contributed by atoms with Crippen LogP contribution in [0, 0.1) is 0 Å². The van der Waals surface area contributed by atoms with E-state index < -0.39 is 11.9 Å². The van der Waals surface area contributed by atoms with Crippen molar-refractivity contribution in [3.05, 3.63) is 35.9 Å². The van der Waals surface area contributed by atoms with Crippen molar-refractivity contribution in [1.29, 1.82) is 0 Å². The maximum atomic E-state index is 11.3. The number of piperidine rings is 1. The molecule has 0 saturated carbocycles. The fourth-order valence-electron chi connectivity index (χ4n) is 2.31. The highest BCUT2D eigenvalue weighted by Crippen LogP contribution is 2.15. The summed E-state index contributed by atoms with van der Waals surface area (Å²) >= 11 is 0. The van der Waals surface area contributed by atoms with Gasteiger partial charge < -0.3 is 5.11 Å². The smallest absolute Gasteiger partial charge is 0.312 e. The number of rotatable bonds is 5. The molecule has 2 rings (SSSR count). The van der Waals surface area contributed by atoms with E-state index in [9.17, 15) is 9.90 Å². The van der Waals surface area contributed by atoms with Crippen molar-refractivity contribution in [3.8, 4) is 0 Å². The summed E-state index contributed by atoms with van der Waals surface area (Å²) in [5, 5.41) is 11.4. The van der Waals surface area contributed by atoms with Crippen LogP contribution in [-0.4, -0.2) is 35.7 Å². The maximum absolute atomic E-state index is 11.3. The highest BCUT2D eigenvalue weighted by molar-refractivity contribution is 5.76. The highest BCUT2D eigenvalue weighted by atomic mass is 16.4. The van der Waals surface area contributed by atoms with Crippen molar-refractivity contribution in [3.63, 3.8) is 0 Å². The first-order valence-electron chi connectivity index (χ1n) is 6.53. The van der Waals surface area contributed by atoms with Crippen LogP contribution < -0.4 is 5.43 Å². The first kappa shape index (κ1) is 13.1. The number of carboxylic acid groups (broad SMARTS) is 1. The van der Waals surface area contributed by atoms with Gasteiger partial charge in [0.2, 0.25) is 0 Å². The fourth-order valence-corrected chi connectivity index (χ4v) is 2.31. The number of nitrogens with zero attached hydrogens (tertiary/aromatic N) is 1. The Bertz CT molecular complexity index is 375. The van der Waals surface area contributed by atoms with Crippen LogP contribution in [0.4, 0.5) is 0 Å². The minimum atomic E-state index is -0.772. The summed E-state index contributed by atoms with van der Waals surface area (Å²) in [6, 6.07) is 9.41. The van der Waals surface area contributed by atoms with Gasteiger partial charge in [-0.05, 0) is 18.4 Å². The number of benzene rings is 1. The molecule has 4 nitrogen and oxygen atoms in total. The molecule has 1 atom stereocenters. The summed E-state index contributed by atoms with van der Waals surface area (Å²) < 4.78 is 0. The van der Waals surface area contributed by atoms with Gasteiger partial charge >= 0.3 is 5.97 Å². The Balaban J connectivity index is 1.92. The van der Waals surface area contributed by atoms with E-state index in [4.69, 9.17) is 0 Å². The van der Waals surface area contributed by atoms with E-state index in [-0.39, 0.29) is 0 Å². The van der Waals surface area contributed by atoms with Crippen LogP contribution in [0.15, 0.2) is 30.3 Å². The third kappa shape index (κ3) is 3.55. The summed E-state index contributed by atoms with van der Waals surface area (Å²) in [6.45, 7) is 2.49. The maximum Gasteiger partial charge on any atom is 0.312 e. The molecule has 0 amide bonds. The van der Waals surface area contributed by atoms with Gasteiger partial charge in [-0.25, -0.2) is 5.01 Å². The van der Waals surface area contributed by atoms with Crippen molar-refractivity contribution in [2.45, 2.75) is 25.2 Å². The number of hydrogen-bond acceptors (Lipinski definition) is 3. The minimum Gasteiger partial charge on any atom is -0.481 e.